The fourth-order valence-corrected chi connectivity index (χ4v) is 1.66. The molecule has 0 radical (unpaired) electrons. The van der Waals surface area contributed by atoms with Gasteiger partial charge in [0.1, 0.15) is 6.33 Å². The highest BCUT2D eigenvalue weighted by atomic mass is 35.5. The van der Waals surface area contributed by atoms with Crippen molar-refractivity contribution < 1.29 is 8.78 Å². The van der Waals surface area contributed by atoms with Crippen molar-refractivity contribution in [3.05, 3.63) is 46.4 Å². The van der Waals surface area contributed by atoms with Gasteiger partial charge >= 0.3 is 0 Å². The number of aromatic nitrogens is 2. The molecule has 0 aliphatic heterocycles. The first-order valence-corrected chi connectivity index (χ1v) is 5.32. The van der Waals surface area contributed by atoms with Gasteiger partial charge in [0, 0.05) is 11.3 Å². The maximum atomic E-state index is 13.7. The van der Waals surface area contributed by atoms with E-state index in [1.54, 1.807) is 13.8 Å². The van der Waals surface area contributed by atoms with Crippen molar-refractivity contribution in [2.45, 2.75) is 13.8 Å². The SMILES string of the molecule is Cc1ncnc(-c2ccc(Cl)c(F)c2F)c1C. The molecule has 0 aliphatic carbocycles. The second-order valence-corrected chi connectivity index (χ2v) is 4.06. The molecule has 5 heteroatoms. The zero-order valence-electron chi connectivity index (χ0n) is 9.26. The Bertz CT molecular complexity index is 585. The van der Waals surface area contributed by atoms with Crippen LogP contribution in [0, 0.1) is 25.5 Å². The molecule has 17 heavy (non-hydrogen) atoms. The fraction of sp³-hybridized carbons (Fsp3) is 0.167. The highest BCUT2D eigenvalue weighted by molar-refractivity contribution is 6.30. The summed E-state index contributed by atoms with van der Waals surface area (Å²) in [7, 11) is 0. The van der Waals surface area contributed by atoms with Crippen molar-refractivity contribution in [1.82, 2.24) is 9.97 Å². The van der Waals surface area contributed by atoms with Gasteiger partial charge in [-0.2, -0.15) is 0 Å². The average molecular weight is 255 g/mol. The molecular formula is C12H9ClF2N2. The molecule has 2 aromatic rings. The number of halogens is 3. The smallest absolute Gasteiger partial charge is 0.178 e. The van der Waals surface area contributed by atoms with Gasteiger partial charge in [-0.15, -0.1) is 0 Å². The van der Waals surface area contributed by atoms with E-state index in [9.17, 15) is 8.78 Å². The Hall–Kier alpha value is -1.55. The van der Waals surface area contributed by atoms with E-state index < -0.39 is 11.6 Å². The molecule has 0 spiro atoms. The van der Waals surface area contributed by atoms with Crippen molar-refractivity contribution >= 4 is 11.6 Å². The Balaban J connectivity index is 2.69. The van der Waals surface area contributed by atoms with Crippen LogP contribution in [0.3, 0.4) is 0 Å². The summed E-state index contributed by atoms with van der Waals surface area (Å²) in [5.74, 6) is -2.04. The highest BCUT2D eigenvalue weighted by Crippen LogP contribution is 2.29. The molecular weight excluding hydrogens is 246 g/mol. The first-order valence-electron chi connectivity index (χ1n) is 4.94. The van der Waals surface area contributed by atoms with Crippen LogP contribution < -0.4 is 0 Å². The molecule has 1 aromatic heterocycles. The molecule has 1 heterocycles. The first kappa shape index (κ1) is 11.9. The van der Waals surface area contributed by atoms with Crippen LogP contribution in [-0.2, 0) is 0 Å². The van der Waals surface area contributed by atoms with Crippen LogP contribution in [-0.4, -0.2) is 9.97 Å². The predicted molar refractivity (Wildman–Crippen MR) is 61.9 cm³/mol. The highest BCUT2D eigenvalue weighted by Gasteiger charge is 2.16. The van der Waals surface area contributed by atoms with E-state index >= 15 is 0 Å². The standard InChI is InChI=1S/C12H9ClF2N2/c1-6-7(2)16-5-17-12(6)8-3-4-9(13)11(15)10(8)14/h3-5H,1-2H3. The van der Waals surface area contributed by atoms with E-state index in [-0.39, 0.29) is 10.6 Å². The Labute approximate surface area is 102 Å². The monoisotopic (exact) mass is 254 g/mol. The molecule has 0 fully saturated rings. The molecule has 0 atom stereocenters. The topological polar surface area (TPSA) is 25.8 Å². The van der Waals surface area contributed by atoms with Gasteiger partial charge in [-0.25, -0.2) is 18.7 Å². The molecule has 0 amide bonds. The number of aryl methyl sites for hydroxylation is 1. The lowest BCUT2D eigenvalue weighted by Crippen LogP contribution is -1.98. The number of rotatable bonds is 1. The minimum absolute atomic E-state index is 0.0925. The van der Waals surface area contributed by atoms with E-state index in [2.05, 4.69) is 9.97 Å². The van der Waals surface area contributed by atoms with E-state index in [0.29, 0.717) is 11.3 Å². The van der Waals surface area contributed by atoms with E-state index in [0.717, 1.165) is 5.69 Å². The maximum Gasteiger partial charge on any atom is 0.178 e. The Kier molecular flexibility index (Phi) is 3.07. The van der Waals surface area contributed by atoms with Crippen LogP contribution in [0.4, 0.5) is 8.78 Å². The zero-order valence-corrected chi connectivity index (χ0v) is 10.0. The Morgan fingerprint density at radius 3 is 2.47 bits per heavy atom. The predicted octanol–water partition coefficient (Wildman–Crippen LogP) is 3.69. The van der Waals surface area contributed by atoms with Gasteiger partial charge in [0.25, 0.3) is 0 Å². The summed E-state index contributed by atoms with van der Waals surface area (Å²) in [5.41, 5.74) is 1.92. The summed E-state index contributed by atoms with van der Waals surface area (Å²) >= 11 is 5.50. The van der Waals surface area contributed by atoms with Crippen LogP contribution in [0.1, 0.15) is 11.3 Å². The second-order valence-electron chi connectivity index (χ2n) is 3.66. The lowest BCUT2D eigenvalue weighted by molar-refractivity contribution is 0.511. The number of benzene rings is 1. The normalized spacial score (nSPS) is 10.6. The molecule has 2 nitrogen and oxygen atoms in total. The van der Waals surface area contributed by atoms with Gasteiger partial charge in [-0.05, 0) is 31.5 Å². The summed E-state index contributed by atoms with van der Waals surface area (Å²) in [5, 5.41) is -0.241. The summed E-state index contributed by atoms with van der Waals surface area (Å²) in [6.07, 6.45) is 1.32. The number of nitrogens with zero attached hydrogens (tertiary/aromatic N) is 2. The van der Waals surface area contributed by atoms with Crippen LogP contribution in [0.25, 0.3) is 11.3 Å². The average Bonchev–Trinajstić information content (AvgIpc) is 2.31. The van der Waals surface area contributed by atoms with Crippen LogP contribution in [0.5, 0.6) is 0 Å². The molecule has 0 saturated carbocycles. The number of hydrogen-bond acceptors (Lipinski definition) is 2. The van der Waals surface area contributed by atoms with Gasteiger partial charge in [0.05, 0.1) is 10.7 Å². The first-order chi connectivity index (χ1) is 8.02. The van der Waals surface area contributed by atoms with E-state index in [1.165, 1.54) is 18.5 Å². The van der Waals surface area contributed by atoms with Gasteiger partial charge in [-0.1, -0.05) is 11.6 Å². The third-order valence-electron chi connectivity index (χ3n) is 2.63. The van der Waals surface area contributed by atoms with Gasteiger partial charge in [-0.3, -0.25) is 0 Å². The number of hydrogen-bond donors (Lipinski definition) is 0. The summed E-state index contributed by atoms with van der Waals surface area (Å²) in [4.78, 5) is 7.96. The summed E-state index contributed by atoms with van der Waals surface area (Å²) in [6.45, 7) is 3.54. The van der Waals surface area contributed by atoms with E-state index in [4.69, 9.17) is 11.6 Å². The molecule has 0 bridgehead atoms. The van der Waals surface area contributed by atoms with Crippen LogP contribution >= 0.6 is 11.6 Å². The van der Waals surface area contributed by atoms with Crippen molar-refractivity contribution in [2.75, 3.05) is 0 Å². The van der Waals surface area contributed by atoms with Crippen LogP contribution in [0.15, 0.2) is 18.5 Å². The van der Waals surface area contributed by atoms with Crippen molar-refractivity contribution in [3.8, 4) is 11.3 Å². The minimum Gasteiger partial charge on any atom is -0.241 e. The lowest BCUT2D eigenvalue weighted by Gasteiger charge is -2.08. The molecule has 0 saturated heterocycles. The van der Waals surface area contributed by atoms with Crippen molar-refractivity contribution in [3.63, 3.8) is 0 Å². The third-order valence-corrected chi connectivity index (χ3v) is 2.92. The van der Waals surface area contributed by atoms with Crippen LogP contribution in [0.2, 0.25) is 5.02 Å². The molecule has 2 rings (SSSR count). The molecule has 0 N–H and O–H groups in total. The summed E-state index contributed by atoms with van der Waals surface area (Å²) in [6, 6.07) is 2.72. The van der Waals surface area contributed by atoms with Gasteiger partial charge < -0.3 is 0 Å². The Morgan fingerprint density at radius 2 is 1.76 bits per heavy atom. The van der Waals surface area contributed by atoms with Crippen molar-refractivity contribution in [2.24, 2.45) is 0 Å². The molecule has 0 unspecified atom stereocenters. The van der Waals surface area contributed by atoms with Crippen molar-refractivity contribution in [1.29, 1.82) is 0 Å². The lowest BCUT2D eigenvalue weighted by atomic mass is 10.1. The molecule has 1 aromatic carbocycles. The van der Waals surface area contributed by atoms with E-state index in [1.807, 2.05) is 0 Å². The largest absolute Gasteiger partial charge is 0.241 e. The second kappa shape index (κ2) is 4.37. The Morgan fingerprint density at radius 1 is 1.06 bits per heavy atom. The maximum absolute atomic E-state index is 13.7. The van der Waals surface area contributed by atoms with Gasteiger partial charge in [0.15, 0.2) is 11.6 Å². The molecule has 0 aliphatic rings. The quantitative estimate of drug-likeness (QED) is 0.726. The zero-order chi connectivity index (χ0) is 12.6. The minimum atomic E-state index is -1.06. The molecule has 88 valence electrons. The third kappa shape index (κ3) is 2.00. The summed E-state index contributed by atoms with van der Waals surface area (Å²) < 4.78 is 27.1. The van der Waals surface area contributed by atoms with Gasteiger partial charge in [0.2, 0.25) is 0 Å². The fourth-order valence-electron chi connectivity index (χ4n) is 1.52.